The van der Waals surface area contributed by atoms with Crippen LogP contribution in [0, 0.1) is 11.3 Å². The maximum Gasteiger partial charge on any atom is 0.214 e. The number of nitriles is 1. The molecule has 1 N–H and O–H groups in total. The normalized spacial score (nSPS) is 20.6. The molecule has 1 heterocycles. The number of nitrogens with zero attached hydrogens (tertiary/aromatic N) is 2. The zero-order chi connectivity index (χ0) is 18.6. The van der Waals surface area contributed by atoms with Gasteiger partial charge >= 0.3 is 0 Å². The fourth-order valence-electron chi connectivity index (χ4n) is 3.46. The first-order chi connectivity index (χ1) is 12.5. The molecule has 0 bridgehead atoms. The Balaban J connectivity index is 1.88. The minimum absolute atomic E-state index is 0.0435. The summed E-state index contributed by atoms with van der Waals surface area (Å²) in [7, 11) is -3.25. The van der Waals surface area contributed by atoms with Crippen LogP contribution in [0.2, 0.25) is 0 Å². The zero-order valence-electron chi connectivity index (χ0n) is 14.8. The van der Waals surface area contributed by atoms with Crippen molar-refractivity contribution in [3.05, 3.63) is 65.7 Å². The summed E-state index contributed by atoms with van der Waals surface area (Å²) in [6, 6.07) is 19.4. The highest BCUT2D eigenvalue weighted by Gasteiger charge is 2.39. The first-order valence-electron chi connectivity index (χ1n) is 8.83. The third-order valence-electron chi connectivity index (χ3n) is 4.71. The van der Waals surface area contributed by atoms with Gasteiger partial charge in [-0.3, -0.25) is 0 Å². The van der Waals surface area contributed by atoms with Gasteiger partial charge in [-0.2, -0.15) is 9.57 Å². The van der Waals surface area contributed by atoms with E-state index in [4.69, 9.17) is 5.26 Å². The molecule has 1 aliphatic rings. The second-order valence-corrected chi connectivity index (χ2v) is 8.68. The fraction of sp³-hybridized carbons (Fsp3) is 0.350. The molecule has 136 valence electrons. The van der Waals surface area contributed by atoms with E-state index in [1.165, 1.54) is 0 Å². The monoisotopic (exact) mass is 369 g/mol. The summed E-state index contributed by atoms with van der Waals surface area (Å²) in [5, 5.41) is 12.5. The Labute approximate surface area is 155 Å². The second kappa shape index (κ2) is 7.90. The van der Waals surface area contributed by atoms with E-state index >= 15 is 0 Å². The van der Waals surface area contributed by atoms with Crippen molar-refractivity contribution in [2.24, 2.45) is 0 Å². The van der Waals surface area contributed by atoms with Gasteiger partial charge in [0.05, 0.1) is 17.4 Å². The van der Waals surface area contributed by atoms with E-state index in [1.807, 2.05) is 49.4 Å². The summed E-state index contributed by atoms with van der Waals surface area (Å²) in [5.74, 6) is 0.235. The average Bonchev–Trinajstić information content (AvgIpc) is 3.07. The van der Waals surface area contributed by atoms with Crippen LogP contribution in [0.4, 0.5) is 5.69 Å². The Morgan fingerprint density at radius 1 is 1.15 bits per heavy atom. The number of rotatable bonds is 6. The van der Waals surface area contributed by atoms with Gasteiger partial charge in [0.15, 0.2) is 0 Å². The largest absolute Gasteiger partial charge is 0.380 e. The molecule has 0 spiro atoms. The molecule has 3 rings (SSSR count). The first-order valence-corrected chi connectivity index (χ1v) is 10.4. The summed E-state index contributed by atoms with van der Waals surface area (Å²) in [4.78, 5) is 0. The molecule has 0 unspecified atom stereocenters. The molecular formula is C20H23N3O2S. The van der Waals surface area contributed by atoms with Crippen molar-refractivity contribution in [2.45, 2.75) is 25.3 Å². The molecule has 26 heavy (non-hydrogen) atoms. The van der Waals surface area contributed by atoms with E-state index in [-0.39, 0.29) is 17.7 Å². The SMILES string of the molecule is CCCS(=O)(=O)N1C[C@H](Nc2cccc(C#N)c2)[C@@H](c2ccccc2)C1. The molecule has 1 aliphatic heterocycles. The molecule has 0 radical (unpaired) electrons. The Bertz CT molecular complexity index is 891. The third-order valence-corrected chi connectivity index (χ3v) is 6.72. The van der Waals surface area contributed by atoms with Crippen molar-refractivity contribution in [1.29, 1.82) is 5.26 Å². The van der Waals surface area contributed by atoms with Crippen molar-refractivity contribution >= 4 is 15.7 Å². The van der Waals surface area contributed by atoms with Crippen LogP contribution in [-0.2, 0) is 10.0 Å². The van der Waals surface area contributed by atoms with Crippen molar-refractivity contribution in [1.82, 2.24) is 4.31 Å². The van der Waals surface area contributed by atoms with Crippen LogP contribution in [-0.4, -0.2) is 37.6 Å². The summed E-state index contributed by atoms with van der Waals surface area (Å²) < 4.78 is 26.7. The van der Waals surface area contributed by atoms with E-state index < -0.39 is 10.0 Å². The van der Waals surface area contributed by atoms with E-state index in [0.717, 1.165) is 11.3 Å². The van der Waals surface area contributed by atoms with E-state index in [2.05, 4.69) is 11.4 Å². The smallest absolute Gasteiger partial charge is 0.214 e. The molecule has 1 saturated heterocycles. The van der Waals surface area contributed by atoms with Crippen LogP contribution in [0.15, 0.2) is 54.6 Å². The molecule has 1 fully saturated rings. The predicted molar refractivity (Wildman–Crippen MR) is 103 cm³/mol. The number of anilines is 1. The van der Waals surface area contributed by atoms with Crippen LogP contribution in [0.1, 0.15) is 30.4 Å². The van der Waals surface area contributed by atoms with Gasteiger partial charge in [0.1, 0.15) is 0 Å². The molecular weight excluding hydrogens is 346 g/mol. The van der Waals surface area contributed by atoms with Crippen LogP contribution in [0.3, 0.4) is 0 Å². The van der Waals surface area contributed by atoms with Gasteiger partial charge in [0.25, 0.3) is 0 Å². The third kappa shape index (κ3) is 4.06. The Kier molecular flexibility index (Phi) is 5.60. The molecule has 2 atom stereocenters. The van der Waals surface area contributed by atoms with Gasteiger partial charge in [0, 0.05) is 30.7 Å². The molecule has 6 heteroatoms. The average molecular weight is 369 g/mol. The van der Waals surface area contributed by atoms with Crippen LogP contribution in [0.5, 0.6) is 0 Å². The lowest BCUT2D eigenvalue weighted by Gasteiger charge is -2.21. The van der Waals surface area contributed by atoms with Crippen LogP contribution >= 0.6 is 0 Å². The van der Waals surface area contributed by atoms with Gasteiger partial charge in [-0.05, 0) is 30.2 Å². The number of hydrogen-bond acceptors (Lipinski definition) is 4. The Morgan fingerprint density at radius 2 is 1.92 bits per heavy atom. The number of sulfonamides is 1. The number of benzene rings is 2. The zero-order valence-corrected chi connectivity index (χ0v) is 15.6. The minimum atomic E-state index is -3.25. The maximum absolute atomic E-state index is 12.6. The van der Waals surface area contributed by atoms with Gasteiger partial charge in [-0.15, -0.1) is 0 Å². The van der Waals surface area contributed by atoms with E-state index in [1.54, 1.807) is 16.4 Å². The van der Waals surface area contributed by atoms with E-state index in [9.17, 15) is 8.42 Å². The lowest BCUT2D eigenvalue weighted by molar-refractivity contribution is 0.470. The Hall–Kier alpha value is -2.36. The Morgan fingerprint density at radius 3 is 2.62 bits per heavy atom. The van der Waals surface area contributed by atoms with Gasteiger partial charge in [-0.25, -0.2) is 8.42 Å². The predicted octanol–water partition coefficient (Wildman–Crippen LogP) is 3.18. The molecule has 0 saturated carbocycles. The standard InChI is InChI=1S/C20H23N3O2S/c1-2-11-26(24,25)23-14-19(17-8-4-3-5-9-17)20(15-23)22-18-10-6-7-16(12-18)13-21/h3-10,12,19-20,22H,2,11,14-15H2,1H3/t19-,20+/m1/s1. The van der Waals surface area contributed by atoms with Gasteiger partial charge in [0.2, 0.25) is 10.0 Å². The molecule has 0 aromatic heterocycles. The first kappa shape index (κ1) is 18.4. The van der Waals surface area contributed by atoms with Crippen molar-refractivity contribution in [3.8, 4) is 6.07 Å². The van der Waals surface area contributed by atoms with Crippen LogP contribution in [0.25, 0.3) is 0 Å². The highest BCUT2D eigenvalue weighted by molar-refractivity contribution is 7.89. The summed E-state index contributed by atoms with van der Waals surface area (Å²) >= 11 is 0. The summed E-state index contributed by atoms with van der Waals surface area (Å²) in [6.45, 7) is 2.78. The lowest BCUT2D eigenvalue weighted by Crippen LogP contribution is -2.33. The lowest BCUT2D eigenvalue weighted by atomic mass is 9.94. The van der Waals surface area contributed by atoms with Gasteiger partial charge < -0.3 is 5.32 Å². The maximum atomic E-state index is 12.6. The molecule has 0 aliphatic carbocycles. The topological polar surface area (TPSA) is 73.2 Å². The van der Waals surface area contributed by atoms with Crippen molar-refractivity contribution in [2.75, 3.05) is 24.2 Å². The number of hydrogen-bond donors (Lipinski definition) is 1. The summed E-state index contributed by atoms with van der Waals surface area (Å²) in [6.07, 6.45) is 0.608. The minimum Gasteiger partial charge on any atom is -0.380 e. The number of nitrogens with one attached hydrogen (secondary N) is 1. The highest BCUT2D eigenvalue weighted by atomic mass is 32.2. The quantitative estimate of drug-likeness (QED) is 0.849. The molecule has 0 amide bonds. The highest BCUT2D eigenvalue weighted by Crippen LogP contribution is 2.32. The fourth-order valence-corrected chi connectivity index (χ4v) is 5.01. The van der Waals surface area contributed by atoms with E-state index in [0.29, 0.717) is 25.1 Å². The molecule has 2 aromatic rings. The molecule has 5 nitrogen and oxygen atoms in total. The summed E-state index contributed by atoms with van der Waals surface area (Å²) in [5.41, 5.74) is 2.54. The molecule has 2 aromatic carbocycles. The van der Waals surface area contributed by atoms with Gasteiger partial charge in [-0.1, -0.05) is 43.3 Å². The van der Waals surface area contributed by atoms with Crippen molar-refractivity contribution < 1.29 is 8.42 Å². The van der Waals surface area contributed by atoms with Crippen molar-refractivity contribution in [3.63, 3.8) is 0 Å². The van der Waals surface area contributed by atoms with Crippen LogP contribution < -0.4 is 5.32 Å². The second-order valence-electron chi connectivity index (χ2n) is 6.59.